The van der Waals surface area contributed by atoms with Gasteiger partial charge in [0.05, 0.1) is 24.1 Å². The van der Waals surface area contributed by atoms with Crippen LogP contribution in [0, 0.1) is 6.92 Å². The number of rotatable bonds is 9. The van der Waals surface area contributed by atoms with E-state index in [0.29, 0.717) is 12.2 Å². The van der Waals surface area contributed by atoms with Gasteiger partial charge in [-0.05, 0) is 33.2 Å². The lowest BCUT2D eigenvalue weighted by Gasteiger charge is -2.26. The maximum Gasteiger partial charge on any atom is 0.461 e. The maximum atomic E-state index is 13.4. The number of hydrogen-bond donors (Lipinski definition) is 1. The molecule has 1 N–H and O–H groups in total. The molecule has 0 saturated carbocycles. The number of likely N-dealkylation sites (N-methyl/N-ethyl adjacent to an activating group) is 1. The third kappa shape index (κ3) is 5.44. The third-order valence-corrected chi connectivity index (χ3v) is 4.00. The van der Waals surface area contributed by atoms with E-state index < -0.39 is 24.2 Å². The lowest BCUT2D eigenvalue weighted by Crippen LogP contribution is -2.38. The van der Waals surface area contributed by atoms with Crippen molar-refractivity contribution in [2.24, 2.45) is 0 Å². The standard InChI is InChI=1S/C18H22F4N4O2/c1-12-14(24-11-23-12)10-26(9-8-25(2)3)16(27)13-6-4-5-7-15(13)28-18(21,22)17(19)20/h4-7,11,17H,8-10H2,1-3H3,(H,23,24). The molecule has 1 amide bonds. The number of carbonyl (C=O) groups excluding carboxylic acids is 1. The third-order valence-electron chi connectivity index (χ3n) is 4.00. The van der Waals surface area contributed by atoms with Gasteiger partial charge in [0.2, 0.25) is 0 Å². The Labute approximate surface area is 160 Å². The number of aryl methyl sites for hydroxylation is 1. The molecule has 0 unspecified atom stereocenters. The molecule has 28 heavy (non-hydrogen) atoms. The Balaban J connectivity index is 2.31. The molecule has 0 atom stereocenters. The monoisotopic (exact) mass is 402 g/mol. The SMILES string of the molecule is Cc1[nH]cnc1CN(CCN(C)C)C(=O)c1ccccc1OC(F)(F)C(F)F. The number of carbonyl (C=O) groups is 1. The van der Waals surface area contributed by atoms with Crippen LogP contribution in [0.25, 0.3) is 0 Å². The number of amides is 1. The quantitative estimate of drug-likeness (QED) is 0.655. The molecule has 0 aliphatic rings. The first-order chi connectivity index (χ1) is 13.1. The molecule has 1 aromatic carbocycles. The number of aromatic nitrogens is 2. The summed E-state index contributed by atoms with van der Waals surface area (Å²) in [4.78, 5) is 23.3. The van der Waals surface area contributed by atoms with Crippen LogP contribution >= 0.6 is 0 Å². The smallest absolute Gasteiger partial charge is 0.427 e. The highest BCUT2D eigenvalue weighted by atomic mass is 19.3. The summed E-state index contributed by atoms with van der Waals surface area (Å²) in [5.41, 5.74) is 1.15. The molecule has 0 bridgehead atoms. The summed E-state index contributed by atoms with van der Waals surface area (Å²) in [7, 11) is 3.64. The van der Waals surface area contributed by atoms with Gasteiger partial charge in [-0.25, -0.2) is 4.98 Å². The highest BCUT2D eigenvalue weighted by molar-refractivity contribution is 5.97. The van der Waals surface area contributed by atoms with Gasteiger partial charge in [0.15, 0.2) is 0 Å². The van der Waals surface area contributed by atoms with Crippen molar-refractivity contribution in [1.82, 2.24) is 19.8 Å². The van der Waals surface area contributed by atoms with Crippen molar-refractivity contribution < 1.29 is 27.1 Å². The fraction of sp³-hybridized carbons (Fsp3) is 0.444. The van der Waals surface area contributed by atoms with Gasteiger partial charge in [-0.3, -0.25) is 4.79 Å². The summed E-state index contributed by atoms with van der Waals surface area (Å²) in [6, 6.07) is 5.10. The first kappa shape index (κ1) is 21.7. The van der Waals surface area contributed by atoms with E-state index in [-0.39, 0.29) is 18.7 Å². The molecule has 0 spiro atoms. The molecule has 10 heteroatoms. The van der Waals surface area contributed by atoms with Crippen LogP contribution in [-0.2, 0) is 6.54 Å². The molecule has 2 aromatic rings. The number of hydrogen-bond acceptors (Lipinski definition) is 4. The zero-order valence-electron chi connectivity index (χ0n) is 15.8. The minimum atomic E-state index is -4.70. The second-order valence-electron chi connectivity index (χ2n) is 6.46. The van der Waals surface area contributed by atoms with Crippen LogP contribution in [0.2, 0.25) is 0 Å². The molecular weight excluding hydrogens is 380 g/mol. The minimum absolute atomic E-state index is 0.127. The predicted molar refractivity (Wildman–Crippen MR) is 94.6 cm³/mol. The average molecular weight is 402 g/mol. The van der Waals surface area contributed by atoms with E-state index in [9.17, 15) is 22.4 Å². The first-order valence-corrected chi connectivity index (χ1v) is 8.48. The largest absolute Gasteiger partial charge is 0.461 e. The highest BCUT2D eigenvalue weighted by Gasteiger charge is 2.44. The Morgan fingerprint density at radius 3 is 2.50 bits per heavy atom. The average Bonchev–Trinajstić information content (AvgIpc) is 3.02. The summed E-state index contributed by atoms with van der Waals surface area (Å²) >= 11 is 0. The predicted octanol–water partition coefficient (Wildman–Crippen LogP) is 3.16. The molecule has 1 aromatic heterocycles. The number of H-pyrrole nitrogens is 1. The highest BCUT2D eigenvalue weighted by Crippen LogP contribution is 2.30. The summed E-state index contributed by atoms with van der Waals surface area (Å²) in [5.74, 6) is -1.23. The molecule has 1 heterocycles. The van der Waals surface area contributed by atoms with Gasteiger partial charge in [0, 0.05) is 18.8 Å². The van der Waals surface area contributed by atoms with E-state index >= 15 is 0 Å². The molecular formula is C18H22F4N4O2. The number of aromatic amines is 1. The van der Waals surface area contributed by atoms with Crippen LogP contribution in [0.1, 0.15) is 21.7 Å². The van der Waals surface area contributed by atoms with E-state index in [0.717, 1.165) is 11.8 Å². The Bertz CT molecular complexity index is 795. The lowest BCUT2D eigenvalue weighted by atomic mass is 10.1. The van der Waals surface area contributed by atoms with E-state index in [2.05, 4.69) is 14.7 Å². The Kier molecular flexibility index (Phi) is 7.00. The van der Waals surface area contributed by atoms with Crippen molar-refractivity contribution in [3.05, 3.63) is 47.5 Å². The number of nitrogens with one attached hydrogen (secondary N) is 1. The van der Waals surface area contributed by atoms with Crippen LogP contribution in [0.5, 0.6) is 5.75 Å². The summed E-state index contributed by atoms with van der Waals surface area (Å²) in [6.07, 6.45) is -7.24. The van der Waals surface area contributed by atoms with Crippen molar-refractivity contribution in [1.29, 1.82) is 0 Å². The zero-order valence-corrected chi connectivity index (χ0v) is 15.8. The number of ether oxygens (including phenoxy) is 1. The van der Waals surface area contributed by atoms with E-state index in [1.165, 1.54) is 29.4 Å². The number of nitrogens with zero attached hydrogens (tertiary/aromatic N) is 3. The topological polar surface area (TPSA) is 61.5 Å². The minimum Gasteiger partial charge on any atom is -0.427 e. The lowest BCUT2D eigenvalue weighted by molar-refractivity contribution is -0.253. The normalized spacial score (nSPS) is 11.9. The number of halogens is 4. The van der Waals surface area contributed by atoms with E-state index in [1.807, 2.05) is 19.0 Å². The summed E-state index contributed by atoms with van der Waals surface area (Å²) < 4.78 is 55.9. The van der Waals surface area contributed by atoms with E-state index in [4.69, 9.17) is 0 Å². The molecule has 0 aliphatic carbocycles. The van der Waals surface area contributed by atoms with Crippen molar-refractivity contribution in [2.45, 2.75) is 26.0 Å². The molecule has 6 nitrogen and oxygen atoms in total. The van der Waals surface area contributed by atoms with Crippen LogP contribution in [0.3, 0.4) is 0 Å². The van der Waals surface area contributed by atoms with Gasteiger partial charge >= 0.3 is 12.5 Å². The van der Waals surface area contributed by atoms with Crippen LogP contribution < -0.4 is 4.74 Å². The fourth-order valence-corrected chi connectivity index (χ4v) is 2.39. The van der Waals surface area contributed by atoms with Crippen LogP contribution in [-0.4, -0.2) is 65.4 Å². The number of imidazole rings is 1. The molecule has 2 rings (SSSR count). The molecule has 0 radical (unpaired) electrons. The van der Waals surface area contributed by atoms with Crippen molar-refractivity contribution in [2.75, 3.05) is 27.2 Å². The maximum absolute atomic E-state index is 13.4. The van der Waals surface area contributed by atoms with E-state index in [1.54, 1.807) is 6.92 Å². The van der Waals surface area contributed by atoms with Gasteiger partial charge in [0.25, 0.3) is 5.91 Å². The first-order valence-electron chi connectivity index (χ1n) is 8.48. The Hall–Kier alpha value is -2.62. The van der Waals surface area contributed by atoms with Gasteiger partial charge < -0.3 is 19.5 Å². The fourth-order valence-electron chi connectivity index (χ4n) is 2.39. The summed E-state index contributed by atoms with van der Waals surface area (Å²) in [6.45, 7) is 2.70. The Morgan fingerprint density at radius 2 is 1.93 bits per heavy atom. The summed E-state index contributed by atoms with van der Waals surface area (Å²) in [5, 5.41) is 0. The van der Waals surface area contributed by atoms with Gasteiger partial charge in [-0.2, -0.15) is 17.6 Å². The van der Waals surface area contributed by atoms with Gasteiger partial charge in [-0.15, -0.1) is 0 Å². The zero-order chi connectivity index (χ0) is 20.9. The second-order valence-corrected chi connectivity index (χ2v) is 6.46. The number of benzene rings is 1. The Morgan fingerprint density at radius 1 is 1.25 bits per heavy atom. The number of alkyl halides is 4. The number of para-hydroxylation sites is 1. The van der Waals surface area contributed by atoms with Crippen LogP contribution in [0.15, 0.2) is 30.6 Å². The van der Waals surface area contributed by atoms with Gasteiger partial charge in [0.1, 0.15) is 5.75 Å². The second kappa shape index (κ2) is 9.05. The molecule has 0 saturated heterocycles. The molecule has 0 fully saturated rings. The van der Waals surface area contributed by atoms with Gasteiger partial charge in [-0.1, -0.05) is 12.1 Å². The van der Waals surface area contributed by atoms with Crippen molar-refractivity contribution in [3.8, 4) is 5.75 Å². The molecule has 154 valence electrons. The van der Waals surface area contributed by atoms with Crippen LogP contribution in [0.4, 0.5) is 17.6 Å². The van der Waals surface area contributed by atoms with Crippen molar-refractivity contribution in [3.63, 3.8) is 0 Å². The van der Waals surface area contributed by atoms with Crippen molar-refractivity contribution >= 4 is 5.91 Å². The molecule has 0 aliphatic heterocycles.